The Morgan fingerprint density at radius 3 is 2.40 bits per heavy atom. The number of carbonyl (C=O) groups is 1. The highest BCUT2D eigenvalue weighted by molar-refractivity contribution is 5.89. The molecule has 1 aromatic rings. The van der Waals surface area contributed by atoms with E-state index in [0.29, 0.717) is 5.92 Å². The van der Waals surface area contributed by atoms with Crippen molar-refractivity contribution >= 4 is 5.91 Å². The molecule has 3 heteroatoms. The largest absolute Gasteiger partial charge is 0.394 e. The van der Waals surface area contributed by atoms with Crippen molar-refractivity contribution in [3.63, 3.8) is 0 Å². The van der Waals surface area contributed by atoms with Crippen LogP contribution in [0.5, 0.6) is 0 Å². The van der Waals surface area contributed by atoms with E-state index in [-0.39, 0.29) is 24.0 Å². The maximum absolute atomic E-state index is 12.7. The zero-order valence-electron chi connectivity index (χ0n) is 12.4. The predicted octanol–water partition coefficient (Wildman–Crippen LogP) is 2.63. The van der Waals surface area contributed by atoms with Gasteiger partial charge in [-0.15, -0.1) is 0 Å². The van der Waals surface area contributed by atoms with Gasteiger partial charge in [0.25, 0.3) is 0 Å². The van der Waals surface area contributed by atoms with Crippen LogP contribution in [0, 0.1) is 5.92 Å². The van der Waals surface area contributed by atoms with Gasteiger partial charge in [0.05, 0.1) is 18.1 Å². The topological polar surface area (TPSA) is 49.3 Å². The third-order valence-corrected chi connectivity index (χ3v) is 4.28. The standard InChI is InChI=1S/C17H25NO2/c1-13(2)11-15(12-19)18-16(20)17(9-6-10-17)14-7-4-3-5-8-14/h3-5,7-8,13,15,19H,6,9-12H2,1-2H3,(H,18,20). The third-order valence-electron chi connectivity index (χ3n) is 4.28. The monoisotopic (exact) mass is 275 g/mol. The maximum Gasteiger partial charge on any atom is 0.230 e. The summed E-state index contributed by atoms with van der Waals surface area (Å²) < 4.78 is 0. The molecule has 0 heterocycles. The number of benzene rings is 1. The summed E-state index contributed by atoms with van der Waals surface area (Å²) in [6, 6.07) is 9.89. The van der Waals surface area contributed by atoms with Crippen molar-refractivity contribution in [1.29, 1.82) is 0 Å². The van der Waals surface area contributed by atoms with Crippen LogP contribution >= 0.6 is 0 Å². The number of aliphatic hydroxyl groups excluding tert-OH is 1. The fourth-order valence-electron chi connectivity index (χ4n) is 3.01. The van der Waals surface area contributed by atoms with Crippen LogP contribution in [0.15, 0.2) is 30.3 Å². The van der Waals surface area contributed by atoms with Crippen LogP contribution in [0.2, 0.25) is 0 Å². The maximum atomic E-state index is 12.7. The van der Waals surface area contributed by atoms with E-state index in [1.807, 2.05) is 30.3 Å². The summed E-state index contributed by atoms with van der Waals surface area (Å²) in [7, 11) is 0. The number of hydrogen-bond acceptors (Lipinski definition) is 2. The summed E-state index contributed by atoms with van der Waals surface area (Å²) in [5.74, 6) is 0.538. The lowest BCUT2D eigenvalue weighted by Crippen LogP contribution is -2.53. The normalized spacial score (nSPS) is 18.4. The van der Waals surface area contributed by atoms with Crippen LogP contribution in [0.1, 0.15) is 45.1 Å². The second-order valence-corrected chi connectivity index (χ2v) is 6.28. The Balaban J connectivity index is 2.10. The van der Waals surface area contributed by atoms with E-state index in [9.17, 15) is 9.90 Å². The molecule has 2 N–H and O–H groups in total. The van der Waals surface area contributed by atoms with E-state index in [1.54, 1.807) is 0 Å². The summed E-state index contributed by atoms with van der Waals surface area (Å²) in [5, 5.41) is 12.5. The van der Waals surface area contributed by atoms with E-state index in [2.05, 4.69) is 19.2 Å². The average molecular weight is 275 g/mol. The number of aliphatic hydroxyl groups is 1. The first kappa shape index (κ1) is 15.0. The van der Waals surface area contributed by atoms with Gasteiger partial charge in [-0.2, -0.15) is 0 Å². The molecule has 1 aromatic carbocycles. The minimum absolute atomic E-state index is 0.00872. The van der Waals surface area contributed by atoms with Crippen molar-refractivity contribution in [1.82, 2.24) is 5.32 Å². The Kier molecular flexibility index (Phi) is 4.81. The van der Waals surface area contributed by atoms with Gasteiger partial charge in [0.2, 0.25) is 5.91 Å². The van der Waals surface area contributed by atoms with Crippen molar-refractivity contribution in [2.45, 2.75) is 51.0 Å². The molecule has 110 valence electrons. The molecule has 1 unspecified atom stereocenters. The van der Waals surface area contributed by atoms with E-state index >= 15 is 0 Å². The molecule has 1 amide bonds. The Hall–Kier alpha value is -1.35. The lowest BCUT2D eigenvalue weighted by Gasteiger charge is -2.41. The smallest absolute Gasteiger partial charge is 0.230 e. The molecule has 1 aliphatic rings. The lowest BCUT2D eigenvalue weighted by molar-refractivity contribution is -0.131. The molecule has 0 bridgehead atoms. The highest BCUT2D eigenvalue weighted by Gasteiger charge is 2.45. The molecule has 0 radical (unpaired) electrons. The minimum Gasteiger partial charge on any atom is -0.394 e. The molecule has 1 saturated carbocycles. The molecule has 3 nitrogen and oxygen atoms in total. The minimum atomic E-state index is -0.369. The van der Waals surface area contributed by atoms with E-state index in [4.69, 9.17) is 0 Å². The summed E-state index contributed by atoms with van der Waals surface area (Å²) in [6.45, 7) is 4.21. The van der Waals surface area contributed by atoms with Gasteiger partial charge in [-0.1, -0.05) is 50.6 Å². The number of rotatable bonds is 6. The first-order chi connectivity index (χ1) is 9.58. The fourth-order valence-corrected chi connectivity index (χ4v) is 3.01. The van der Waals surface area contributed by atoms with Gasteiger partial charge in [-0.3, -0.25) is 4.79 Å². The highest BCUT2D eigenvalue weighted by atomic mass is 16.3. The van der Waals surface area contributed by atoms with Crippen LogP contribution in [0.25, 0.3) is 0 Å². The van der Waals surface area contributed by atoms with Gasteiger partial charge in [0, 0.05) is 0 Å². The van der Waals surface area contributed by atoms with Crippen LogP contribution in [0.3, 0.4) is 0 Å². The average Bonchev–Trinajstić information content (AvgIpc) is 2.37. The number of amides is 1. The van der Waals surface area contributed by atoms with Crippen LogP contribution in [-0.4, -0.2) is 23.7 Å². The van der Waals surface area contributed by atoms with Crippen molar-refractivity contribution in [3.05, 3.63) is 35.9 Å². The number of nitrogens with one attached hydrogen (secondary N) is 1. The Bertz CT molecular complexity index is 438. The highest BCUT2D eigenvalue weighted by Crippen LogP contribution is 2.44. The molecule has 20 heavy (non-hydrogen) atoms. The van der Waals surface area contributed by atoms with E-state index in [0.717, 1.165) is 31.2 Å². The van der Waals surface area contributed by atoms with Gasteiger partial charge < -0.3 is 10.4 Å². The SMILES string of the molecule is CC(C)CC(CO)NC(=O)C1(c2ccccc2)CCC1. The molecule has 2 rings (SSSR count). The van der Waals surface area contributed by atoms with Gasteiger partial charge >= 0.3 is 0 Å². The Labute approximate surface area is 121 Å². The zero-order chi connectivity index (χ0) is 14.6. The van der Waals surface area contributed by atoms with Crippen LogP contribution in [0.4, 0.5) is 0 Å². The van der Waals surface area contributed by atoms with Gasteiger partial charge in [0.1, 0.15) is 0 Å². The number of hydrogen-bond donors (Lipinski definition) is 2. The zero-order valence-corrected chi connectivity index (χ0v) is 12.4. The summed E-state index contributed by atoms with van der Waals surface area (Å²) in [4.78, 5) is 12.7. The van der Waals surface area contributed by atoms with E-state index < -0.39 is 0 Å². The van der Waals surface area contributed by atoms with Gasteiger partial charge in [0.15, 0.2) is 0 Å². The fraction of sp³-hybridized carbons (Fsp3) is 0.588. The van der Waals surface area contributed by atoms with Crippen LogP contribution in [-0.2, 0) is 10.2 Å². The summed E-state index contributed by atoms with van der Waals surface area (Å²) in [5.41, 5.74) is 0.732. The molecule has 0 aromatic heterocycles. The lowest BCUT2D eigenvalue weighted by atomic mass is 9.63. The van der Waals surface area contributed by atoms with Crippen LogP contribution < -0.4 is 5.32 Å². The molecule has 1 fully saturated rings. The molecule has 0 aliphatic heterocycles. The predicted molar refractivity (Wildman–Crippen MR) is 80.4 cm³/mol. The molecule has 1 atom stereocenters. The molecular weight excluding hydrogens is 250 g/mol. The Morgan fingerprint density at radius 2 is 1.95 bits per heavy atom. The molecule has 1 aliphatic carbocycles. The van der Waals surface area contributed by atoms with Crippen molar-refractivity contribution < 1.29 is 9.90 Å². The summed E-state index contributed by atoms with van der Waals surface area (Å²) in [6.07, 6.45) is 3.72. The third kappa shape index (κ3) is 3.04. The second-order valence-electron chi connectivity index (χ2n) is 6.28. The first-order valence-electron chi connectivity index (χ1n) is 7.56. The van der Waals surface area contributed by atoms with Crippen molar-refractivity contribution in [3.8, 4) is 0 Å². The quantitative estimate of drug-likeness (QED) is 0.838. The van der Waals surface area contributed by atoms with Crippen molar-refractivity contribution in [2.75, 3.05) is 6.61 Å². The molecular formula is C17H25NO2. The summed E-state index contributed by atoms with van der Waals surface area (Å²) >= 11 is 0. The molecule has 0 saturated heterocycles. The Morgan fingerprint density at radius 1 is 1.30 bits per heavy atom. The van der Waals surface area contributed by atoms with Crippen molar-refractivity contribution in [2.24, 2.45) is 5.92 Å². The second kappa shape index (κ2) is 6.40. The first-order valence-corrected chi connectivity index (χ1v) is 7.56. The molecule has 0 spiro atoms. The number of carbonyl (C=O) groups excluding carboxylic acids is 1. The van der Waals surface area contributed by atoms with E-state index in [1.165, 1.54) is 0 Å². The van der Waals surface area contributed by atoms with Gasteiger partial charge in [-0.25, -0.2) is 0 Å². The van der Waals surface area contributed by atoms with Gasteiger partial charge in [-0.05, 0) is 30.7 Å².